The van der Waals surface area contributed by atoms with Crippen molar-refractivity contribution < 1.29 is 27.4 Å². The maximum absolute atomic E-state index is 14.1. The van der Waals surface area contributed by atoms with Gasteiger partial charge in [-0.3, -0.25) is 9.59 Å². The minimum Gasteiger partial charge on any atom is -0.457 e. The number of hydrogen-bond acceptors (Lipinski definition) is 4. The van der Waals surface area contributed by atoms with E-state index in [1.54, 1.807) is 31.3 Å². The standard InChI is InChI=1S/C26H19F3N2O4/c1-31(26(33)14-4-2-6-16(8-14)35-17-7-3-5-15(27)9-17)23-13-34-12-22-24(23)18-10-20(28)21(29)11-19(18)25(32)30-22/h2-11,23H,12-13H2,1H3,(H,30,32)/t23-/m0/s1. The van der Waals surface area contributed by atoms with E-state index in [0.29, 0.717) is 22.6 Å². The number of nitrogens with zero attached hydrogens (tertiary/aromatic N) is 1. The van der Waals surface area contributed by atoms with Crippen molar-refractivity contribution in [2.24, 2.45) is 0 Å². The van der Waals surface area contributed by atoms with Crippen molar-refractivity contribution in [2.45, 2.75) is 12.6 Å². The zero-order valence-electron chi connectivity index (χ0n) is 18.5. The maximum Gasteiger partial charge on any atom is 0.256 e. The van der Waals surface area contributed by atoms with Crippen LogP contribution >= 0.6 is 0 Å². The van der Waals surface area contributed by atoms with Crippen molar-refractivity contribution in [3.05, 3.63) is 105 Å². The number of rotatable bonds is 4. The first-order valence-electron chi connectivity index (χ1n) is 10.7. The average molecular weight is 480 g/mol. The Morgan fingerprint density at radius 3 is 2.43 bits per heavy atom. The van der Waals surface area contributed by atoms with Crippen molar-refractivity contribution in [3.8, 4) is 11.5 Å². The number of aromatic nitrogens is 1. The fourth-order valence-electron chi connectivity index (χ4n) is 4.25. The zero-order chi connectivity index (χ0) is 24.7. The summed E-state index contributed by atoms with van der Waals surface area (Å²) in [5, 5.41) is 0.208. The number of carbonyl (C=O) groups excluding carboxylic acids is 1. The number of amides is 1. The Kier molecular flexibility index (Phi) is 5.78. The van der Waals surface area contributed by atoms with Crippen molar-refractivity contribution in [1.82, 2.24) is 9.88 Å². The van der Waals surface area contributed by atoms with Gasteiger partial charge in [-0.2, -0.15) is 0 Å². The molecule has 0 aliphatic carbocycles. The number of pyridine rings is 1. The summed E-state index contributed by atoms with van der Waals surface area (Å²) in [6, 6.07) is 13.2. The number of nitrogens with one attached hydrogen (secondary N) is 1. The van der Waals surface area contributed by atoms with Gasteiger partial charge in [0, 0.05) is 29.9 Å². The second-order valence-electron chi connectivity index (χ2n) is 8.19. The molecule has 4 aromatic rings. The fourth-order valence-corrected chi connectivity index (χ4v) is 4.25. The van der Waals surface area contributed by atoms with Gasteiger partial charge in [-0.1, -0.05) is 12.1 Å². The normalized spacial score (nSPS) is 15.0. The van der Waals surface area contributed by atoms with E-state index in [1.807, 2.05) is 0 Å². The third kappa shape index (κ3) is 4.26. The van der Waals surface area contributed by atoms with Gasteiger partial charge < -0.3 is 19.4 Å². The van der Waals surface area contributed by atoms with Crippen molar-refractivity contribution in [1.29, 1.82) is 0 Å². The van der Waals surface area contributed by atoms with E-state index in [0.717, 1.165) is 12.1 Å². The molecule has 1 aromatic heterocycles. The smallest absolute Gasteiger partial charge is 0.256 e. The molecule has 0 spiro atoms. The lowest BCUT2D eigenvalue weighted by Gasteiger charge is -2.34. The quantitative estimate of drug-likeness (QED) is 0.442. The molecule has 1 atom stereocenters. The maximum atomic E-state index is 14.1. The van der Waals surface area contributed by atoms with Crippen LogP contribution in [0.25, 0.3) is 10.8 Å². The molecule has 178 valence electrons. The Labute approximate surface area is 197 Å². The first-order valence-corrected chi connectivity index (χ1v) is 10.7. The highest BCUT2D eigenvalue weighted by Crippen LogP contribution is 2.34. The van der Waals surface area contributed by atoms with Gasteiger partial charge in [-0.15, -0.1) is 0 Å². The average Bonchev–Trinajstić information content (AvgIpc) is 2.84. The molecular weight excluding hydrogens is 461 g/mol. The van der Waals surface area contributed by atoms with E-state index in [4.69, 9.17) is 9.47 Å². The molecule has 0 unspecified atom stereocenters. The third-order valence-electron chi connectivity index (χ3n) is 5.94. The van der Waals surface area contributed by atoms with Gasteiger partial charge in [0.25, 0.3) is 11.5 Å². The molecule has 0 fully saturated rings. The summed E-state index contributed by atoms with van der Waals surface area (Å²) in [6.45, 7) is 0.157. The summed E-state index contributed by atoms with van der Waals surface area (Å²) in [7, 11) is 1.56. The fraction of sp³-hybridized carbons (Fsp3) is 0.154. The Bertz CT molecular complexity index is 1520. The zero-order valence-corrected chi connectivity index (χ0v) is 18.5. The van der Waals surface area contributed by atoms with Crippen LogP contribution in [-0.4, -0.2) is 29.4 Å². The van der Waals surface area contributed by atoms with Crippen LogP contribution in [0.4, 0.5) is 13.2 Å². The van der Waals surface area contributed by atoms with Crippen LogP contribution in [0, 0.1) is 17.5 Å². The number of ether oxygens (including phenoxy) is 2. The van der Waals surface area contributed by atoms with Crippen LogP contribution in [0.5, 0.6) is 11.5 Å². The summed E-state index contributed by atoms with van der Waals surface area (Å²) in [5.41, 5.74) is 0.609. The lowest BCUT2D eigenvalue weighted by atomic mass is 9.95. The van der Waals surface area contributed by atoms with E-state index in [9.17, 15) is 22.8 Å². The molecule has 35 heavy (non-hydrogen) atoms. The van der Waals surface area contributed by atoms with Gasteiger partial charge in [-0.25, -0.2) is 13.2 Å². The van der Waals surface area contributed by atoms with Crippen LogP contribution in [0.1, 0.15) is 27.7 Å². The van der Waals surface area contributed by atoms with Crippen molar-refractivity contribution >= 4 is 16.7 Å². The molecule has 1 aliphatic rings. The Balaban J connectivity index is 1.50. The molecule has 2 heterocycles. The van der Waals surface area contributed by atoms with Gasteiger partial charge >= 0.3 is 0 Å². The number of benzene rings is 3. The van der Waals surface area contributed by atoms with Crippen LogP contribution in [0.3, 0.4) is 0 Å². The van der Waals surface area contributed by atoms with E-state index in [1.165, 1.54) is 29.2 Å². The molecule has 1 N–H and O–H groups in total. The molecule has 3 aromatic carbocycles. The summed E-state index contributed by atoms with van der Waals surface area (Å²) in [5.74, 6) is -2.45. The predicted molar refractivity (Wildman–Crippen MR) is 122 cm³/mol. The molecule has 1 amide bonds. The highest BCUT2D eigenvalue weighted by atomic mass is 19.2. The number of fused-ring (bicyclic) bond motifs is 3. The SMILES string of the molecule is CN(C(=O)c1cccc(Oc2cccc(F)c2)c1)[C@H]1COCc2[nH]c(=O)c3cc(F)c(F)cc3c21. The van der Waals surface area contributed by atoms with Gasteiger partial charge in [-0.05, 0) is 47.9 Å². The second-order valence-corrected chi connectivity index (χ2v) is 8.19. The Hall–Kier alpha value is -4.11. The number of likely N-dealkylation sites (N-methyl/N-ethyl adjacent to an activating group) is 1. The Morgan fingerprint density at radius 2 is 1.69 bits per heavy atom. The molecule has 0 saturated carbocycles. The van der Waals surface area contributed by atoms with Gasteiger partial charge in [0.05, 0.1) is 24.6 Å². The molecule has 6 nitrogen and oxygen atoms in total. The number of carbonyl (C=O) groups is 1. The first-order chi connectivity index (χ1) is 16.8. The van der Waals surface area contributed by atoms with Gasteiger partial charge in [0.15, 0.2) is 11.6 Å². The van der Waals surface area contributed by atoms with Crippen LogP contribution < -0.4 is 10.3 Å². The molecule has 5 rings (SSSR count). The number of halogens is 3. The van der Waals surface area contributed by atoms with E-state index in [-0.39, 0.29) is 29.7 Å². The number of aromatic amines is 1. The molecule has 0 bridgehead atoms. The molecule has 9 heteroatoms. The predicted octanol–water partition coefficient (Wildman–Crippen LogP) is 5.08. The van der Waals surface area contributed by atoms with Crippen LogP contribution in [0.15, 0.2) is 65.5 Å². The summed E-state index contributed by atoms with van der Waals surface area (Å²) >= 11 is 0. The molecular formula is C26H19F3N2O4. The van der Waals surface area contributed by atoms with Crippen LogP contribution in [0.2, 0.25) is 0 Å². The monoisotopic (exact) mass is 480 g/mol. The molecule has 0 radical (unpaired) electrons. The topological polar surface area (TPSA) is 71.6 Å². The van der Waals surface area contributed by atoms with Gasteiger partial charge in [0.2, 0.25) is 0 Å². The van der Waals surface area contributed by atoms with Crippen molar-refractivity contribution in [3.63, 3.8) is 0 Å². The minimum absolute atomic E-state index is 0.0131. The third-order valence-corrected chi connectivity index (χ3v) is 5.94. The molecule has 0 saturated heterocycles. The Morgan fingerprint density at radius 1 is 1.00 bits per heavy atom. The second kappa shape index (κ2) is 8.92. The first kappa shape index (κ1) is 22.7. The molecule has 1 aliphatic heterocycles. The van der Waals surface area contributed by atoms with E-state index >= 15 is 0 Å². The summed E-state index contributed by atoms with van der Waals surface area (Å²) in [6.07, 6.45) is 0. The largest absolute Gasteiger partial charge is 0.457 e. The lowest BCUT2D eigenvalue weighted by Crippen LogP contribution is -2.37. The van der Waals surface area contributed by atoms with E-state index < -0.39 is 35.0 Å². The highest BCUT2D eigenvalue weighted by molar-refractivity contribution is 5.95. The van der Waals surface area contributed by atoms with E-state index in [2.05, 4.69) is 4.98 Å². The summed E-state index contributed by atoms with van der Waals surface area (Å²) < 4.78 is 52.7. The lowest BCUT2D eigenvalue weighted by molar-refractivity contribution is 0.0335. The van der Waals surface area contributed by atoms with Gasteiger partial charge in [0.1, 0.15) is 17.3 Å². The number of hydrogen-bond donors (Lipinski definition) is 1. The van der Waals surface area contributed by atoms with Crippen LogP contribution in [-0.2, 0) is 11.3 Å². The highest BCUT2D eigenvalue weighted by Gasteiger charge is 2.31. The number of H-pyrrole nitrogens is 1. The minimum atomic E-state index is -1.13. The van der Waals surface area contributed by atoms with Crippen molar-refractivity contribution in [2.75, 3.05) is 13.7 Å². The summed E-state index contributed by atoms with van der Waals surface area (Å²) in [4.78, 5) is 29.9.